The van der Waals surface area contributed by atoms with E-state index in [1.54, 1.807) is 24.4 Å². The minimum absolute atomic E-state index is 0.168. The van der Waals surface area contributed by atoms with Gasteiger partial charge in [-0.25, -0.2) is 18.1 Å². The molecule has 1 aromatic carbocycles. The fourth-order valence-electron chi connectivity index (χ4n) is 2.65. The molecule has 0 bridgehead atoms. The minimum atomic E-state index is -3.67. The molecule has 2 aromatic heterocycles. The number of hydrogen-bond donors (Lipinski definition) is 3. The van der Waals surface area contributed by atoms with E-state index in [1.165, 1.54) is 0 Å². The van der Waals surface area contributed by atoms with Gasteiger partial charge < -0.3 is 10.6 Å². The van der Waals surface area contributed by atoms with Crippen LogP contribution in [0, 0.1) is 6.92 Å². The maximum Gasteiger partial charge on any atom is 0.242 e. The van der Waals surface area contributed by atoms with Crippen molar-refractivity contribution < 1.29 is 8.42 Å². The standard InChI is InChI=1S/C18H22N6O2S/c1-3-19-16-12-13(2)23-18(24-16)21-10-11-22-27(25,26)15-8-4-6-14-7-5-9-20-17(14)15/h4-9,12,22H,3,10-11H2,1-2H3,(H2,19,21,23,24). The summed E-state index contributed by atoms with van der Waals surface area (Å²) >= 11 is 0. The van der Waals surface area contributed by atoms with Crippen LogP contribution >= 0.6 is 0 Å². The van der Waals surface area contributed by atoms with Gasteiger partial charge in [0.1, 0.15) is 10.7 Å². The highest BCUT2D eigenvalue weighted by Crippen LogP contribution is 2.20. The first kappa shape index (κ1) is 19.0. The van der Waals surface area contributed by atoms with Crippen LogP contribution in [0.4, 0.5) is 11.8 Å². The van der Waals surface area contributed by atoms with E-state index < -0.39 is 10.0 Å². The molecule has 0 aliphatic carbocycles. The van der Waals surface area contributed by atoms with Crippen LogP contribution in [0.5, 0.6) is 0 Å². The fourth-order valence-corrected chi connectivity index (χ4v) is 3.86. The average Bonchev–Trinajstić information content (AvgIpc) is 2.65. The molecule has 0 spiro atoms. The highest BCUT2D eigenvalue weighted by Gasteiger charge is 2.17. The number of aryl methyl sites for hydroxylation is 1. The molecule has 0 amide bonds. The molecule has 3 aromatic rings. The third-order valence-corrected chi connectivity index (χ3v) is 5.29. The Morgan fingerprint density at radius 2 is 1.85 bits per heavy atom. The molecule has 0 aliphatic rings. The molecule has 9 heteroatoms. The van der Waals surface area contributed by atoms with E-state index in [-0.39, 0.29) is 11.4 Å². The van der Waals surface area contributed by atoms with Gasteiger partial charge in [-0.15, -0.1) is 0 Å². The van der Waals surface area contributed by atoms with Crippen LogP contribution in [0.15, 0.2) is 47.5 Å². The molecule has 0 atom stereocenters. The van der Waals surface area contributed by atoms with Crippen molar-refractivity contribution in [3.8, 4) is 0 Å². The molecular formula is C18H22N6O2S. The van der Waals surface area contributed by atoms with Crippen molar-refractivity contribution in [1.82, 2.24) is 19.7 Å². The number of benzene rings is 1. The topological polar surface area (TPSA) is 109 Å². The zero-order valence-corrected chi connectivity index (χ0v) is 16.0. The van der Waals surface area contributed by atoms with Crippen LogP contribution in [0.3, 0.4) is 0 Å². The van der Waals surface area contributed by atoms with E-state index in [9.17, 15) is 8.42 Å². The number of nitrogens with zero attached hydrogens (tertiary/aromatic N) is 3. The normalized spacial score (nSPS) is 11.5. The maximum absolute atomic E-state index is 12.6. The van der Waals surface area contributed by atoms with Gasteiger partial charge in [0.05, 0.1) is 5.52 Å². The van der Waals surface area contributed by atoms with E-state index >= 15 is 0 Å². The third kappa shape index (κ3) is 4.69. The minimum Gasteiger partial charge on any atom is -0.370 e. The molecule has 3 N–H and O–H groups in total. The van der Waals surface area contributed by atoms with Crippen molar-refractivity contribution in [2.24, 2.45) is 0 Å². The first-order chi connectivity index (χ1) is 13.0. The second-order valence-corrected chi connectivity index (χ2v) is 7.64. The molecule has 8 nitrogen and oxygen atoms in total. The van der Waals surface area contributed by atoms with Gasteiger partial charge in [0, 0.05) is 43.0 Å². The van der Waals surface area contributed by atoms with Crippen molar-refractivity contribution >= 4 is 32.7 Å². The number of sulfonamides is 1. The Bertz CT molecular complexity index is 1030. The second kappa shape index (κ2) is 8.28. The third-order valence-electron chi connectivity index (χ3n) is 3.80. The number of aromatic nitrogens is 3. The fraction of sp³-hybridized carbons (Fsp3) is 0.278. The Hall–Kier alpha value is -2.78. The van der Waals surface area contributed by atoms with E-state index in [0.29, 0.717) is 18.0 Å². The van der Waals surface area contributed by atoms with Gasteiger partial charge in [0.15, 0.2) is 0 Å². The molecule has 0 saturated heterocycles. The smallest absolute Gasteiger partial charge is 0.242 e. The summed E-state index contributed by atoms with van der Waals surface area (Å²) in [7, 11) is -3.67. The zero-order chi connectivity index (χ0) is 19.3. The van der Waals surface area contributed by atoms with Crippen LogP contribution in [-0.4, -0.2) is 43.0 Å². The van der Waals surface area contributed by atoms with Crippen molar-refractivity contribution in [3.63, 3.8) is 0 Å². The van der Waals surface area contributed by atoms with Crippen molar-refractivity contribution in [3.05, 3.63) is 48.3 Å². The maximum atomic E-state index is 12.6. The summed E-state index contributed by atoms with van der Waals surface area (Å²) in [6.45, 7) is 5.17. The SMILES string of the molecule is CCNc1cc(C)nc(NCCNS(=O)(=O)c2cccc3cccnc23)n1. The summed E-state index contributed by atoms with van der Waals surface area (Å²) in [6.07, 6.45) is 1.58. The predicted molar refractivity (Wildman–Crippen MR) is 106 cm³/mol. The van der Waals surface area contributed by atoms with E-state index in [4.69, 9.17) is 0 Å². The van der Waals surface area contributed by atoms with Crippen LogP contribution < -0.4 is 15.4 Å². The molecule has 0 aliphatic heterocycles. The number of hydrogen-bond acceptors (Lipinski definition) is 7. The van der Waals surface area contributed by atoms with E-state index in [0.717, 1.165) is 23.4 Å². The molecule has 142 valence electrons. The molecule has 0 fully saturated rings. The van der Waals surface area contributed by atoms with Gasteiger partial charge in [-0.3, -0.25) is 4.98 Å². The van der Waals surface area contributed by atoms with E-state index in [2.05, 4.69) is 30.3 Å². The number of pyridine rings is 1. The van der Waals surface area contributed by atoms with Gasteiger partial charge in [0.2, 0.25) is 16.0 Å². The molecule has 0 saturated carbocycles. The summed E-state index contributed by atoms with van der Waals surface area (Å²) in [4.78, 5) is 13.0. The average molecular weight is 386 g/mol. The van der Waals surface area contributed by atoms with Crippen LogP contribution in [0.2, 0.25) is 0 Å². The highest BCUT2D eigenvalue weighted by atomic mass is 32.2. The Morgan fingerprint density at radius 1 is 1.04 bits per heavy atom. The molecular weight excluding hydrogens is 364 g/mol. The van der Waals surface area contributed by atoms with Gasteiger partial charge in [-0.05, 0) is 26.0 Å². The summed E-state index contributed by atoms with van der Waals surface area (Å²) in [5.41, 5.74) is 1.28. The van der Waals surface area contributed by atoms with Crippen molar-refractivity contribution in [2.75, 3.05) is 30.3 Å². The summed E-state index contributed by atoms with van der Waals surface area (Å²) in [6, 6.07) is 10.6. The molecule has 0 unspecified atom stereocenters. The van der Waals surface area contributed by atoms with Crippen LogP contribution in [-0.2, 0) is 10.0 Å². The summed E-state index contributed by atoms with van der Waals surface area (Å²) < 4.78 is 27.9. The molecule has 0 radical (unpaired) electrons. The van der Waals surface area contributed by atoms with Gasteiger partial charge in [-0.2, -0.15) is 4.98 Å². The number of anilines is 2. The monoisotopic (exact) mass is 386 g/mol. The van der Waals surface area contributed by atoms with Gasteiger partial charge >= 0.3 is 0 Å². The van der Waals surface area contributed by atoms with Crippen LogP contribution in [0.1, 0.15) is 12.6 Å². The lowest BCUT2D eigenvalue weighted by Gasteiger charge is -2.11. The lowest BCUT2D eigenvalue weighted by molar-refractivity contribution is 0.583. The lowest BCUT2D eigenvalue weighted by atomic mass is 10.2. The van der Waals surface area contributed by atoms with E-state index in [1.807, 2.05) is 32.0 Å². The Morgan fingerprint density at radius 3 is 2.67 bits per heavy atom. The number of fused-ring (bicyclic) bond motifs is 1. The number of rotatable bonds is 8. The Kier molecular flexibility index (Phi) is 5.82. The lowest BCUT2D eigenvalue weighted by Crippen LogP contribution is -2.29. The molecule has 27 heavy (non-hydrogen) atoms. The van der Waals surface area contributed by atoms with Crippen molar-refractivity contribution in [1.29, 1.82) is 0 Å². The number of nitrogens with one attached hydrogen (secondary N) is 3. The summed E-state index contributed by atoms with van der Waals surface area (Å²) in [5.74, 6) is 1.19. The summed E-state index contributed by atoms with van der Waals surface area (Å²) in [5, 5.41) is 6.95. The van der Waals surface area contributed by atoms with Crippen molar-refractivity contribution in [2.45, 2.75) is 18.7 Å². The molecule has 3 rings (SSSR count). The van der Waals surface area contributed by atoms with Crippen LogP contribution in [0.25, 0.3) is 10.9 Å². The van der Waals surface area contributed by atoms with Gasteiger partial charge in [-0.1, -0.05) is 18.2 Å². The predicted octanol–water partition coefficient (Wildman–Crippen LogP) is 2.16. The zero-order valence-electron chi connectivity index (χ0n) is 15.2. The Labute approximate surface area is 158 Å². The first-order valence-electron chi connectivity index (χ1n) is 8.66. The quantitative estimate of drug-likeness (QED) is 0.509. The molecule has 2 heterocycles. The van der Waals surface area contributed by atoms with Gasteiger partial charge in [0.25, 0.3) is 0 Å². The first-order valence-corrected chi connectivity index (χ1v) is 10.1. The second-order valence-electron chi connectivity index (χ2n) is 5.90. The number of para-hydroxylation sites is 1. The highest BCUT2D eigenvalue weighted by molar-refractivity contribution is 7.89. The Balaban J connectivity index is 1.65. The largest absolute Gasteiger partial charge is 0.370 e.